The van der Waals surface area contributed by atoms with Crippen molar-refractivity contribution >= 4 is 11.7 Å². The van der Waals surface area contributed by atoms with Crippen LogP contribution in [0.2, 0.25) is 0 Å². The van der Waals surface area contributed by atoms with E-state index in [9.17, 15) is 18.0 Å². The van der Waals surface area contributed by atoms with Gasteiger partial charge in [-0.3, -0.25) is 4.79 Å². The summed E-state index contributed by atoms with van der Waals surface area (Å²) in [5, 5.41) is 7.10. The van der Waals surface area contributed by atoms with Crippen LogP contribution in [0.25, 0.3) is 0 Å². The van der Waals surface area contributed by atoms with Gasteiger partial charge in [0.2, 0.25) is 0 Å². The summed E-state index contributed by atoms with van der Waals surface area (Å²) in [6.07, 6.45) is -1.39. The number of hydrogen-bond acceptors (Lipinski definition) is 4. The molecule has 1 saturated heterocycles. The van der Waals surface area contributed by atoms with Gasteiger partial charge in [0.1, 0.15) is 11.6 Å². The van der Waals surface area contributed by atoms with Gasteiger partial charge in [0.15, 0.2) is 11.7 Å². The fraction of sp³-hybridized carbons (Fsp3) is 0.579. The Morgan fingerprint density at radius 3 is 2.79 bits per heavy atom. The van der Waals surface area contributed by atoms with Gasteiger partial charge < -0.3 is 14.6 Å². The first-order valence-electron chi connectivity index (χ1n) is 9.51. The number of aromatic nitrogens is 2. The lowest BCUT2D eigenvalue weighted by Gasteiger charge is -2.36. The predicted octanol–water partition coefficient (Wildman–Crippen LogP) is 4.40. The number of anilines is 1. The first kappa shape index (κ1) is 18.9. The summed E-state index contributed by atoms with van der Waals surface area (Å²) in [4.78, 5) is 14.7. The van der Waals surface area contributed by atoms with Gasteiger partial charge in [-0.2, -0.15) is 18.3 Å². The maximum atomic E-state index is 13.7. The molecule has 0 radical (unpaired) electrons. The minimum absolute atomic E-state index is 0.0396. The number of nitrogens with zero attached hydrogens (tertiary/aromatic N) is 3. The fourth-order valence-corrected chi connectivity index (χ4v) is 4.07. The van der Waals surface area contributed by atoms with E-state index in [1.807, 2.05) is 6.92 Å². The molecule has 4 rings (SSSR count). The third-order valence-electron chi connectivity index (χ3n) is 5.67. The second kappa shape index (κ2) is 6.86. The Labute approximate surface area is 160 Å². The van der Waals surface area contributed by atoms with Crippen molar-refractivity contribution in [3.63, 3.8) is 0 Å². The molecular weight excluding hydrogens is 373 g/mol. The summed E-state index contributed by atoms with van der Waals surface area (Å²) >= 11 is 0. The summed E-state index contributed by atoms with van der Waals surface area (Å²) in [7, 11) is 0. The van der Waals surface area contributed by atoms with Crippen LogP contribution in [0.1, 0.15) is 61.4 Å². The third-order valence-corrected chi connectivity index (χ3v) is 5.67. The Hall–Kier alpha value is -2.45. The number of rotatable bonds is 2. The first-order valence-corrected chi connectivity index (χ1v) is 9.51. The van der Waals surface area contributed by atoms with Gasteiger partial charge in [0, 0.05) is 25.1 Å². The number of alkyl halides is 3. The zero-order valence-electron chi connectivity index (χ0n) is 15.7. The molecule has 9 heteroatoms. The molecule has 2 aliphatic heterocycles. The van der Waals surface area contributed by atoms with Crippen LogP contribution in [0.5, 0.6) is 0 Å². The normalized spacial score (nSPS) is 28.0. The van der Waals surface area contributed by atoms with E-state index < -0.39 is 18.3 Å². The molecule has 1 amide bonds. The first-order chi connectivity index (χ1) is 13.2. The van der Waals surface area contributed by atoms with Gasteiger partial charge in [-0.05, 0) is 37.8 Å². The average molecular weight is 396 g/mol. The Kier molecular flexibility index (Phi) is 4.63. The maximum absolute atomic E-state index is 13.7. The van der Waals surface area contributed by atoms with Gasteiger partial charge in [-0.1, -0.05) is 6.92 Å². The summed E-state index contributed by atoms with van der Waals surface area (Å²) in [5.74, 6) is 0.643. The lowest BCUT2D eigenvalue weighted by Crippen LogP contribution is -2.45. The molecule has 0 spiro atoms. The highest BCUT2D eigenvalue weighted by molar-refractivity contribution is 5.93. The van der Waals surface area contributed by atoms with Crippen LogP contribution in [-0.4, -0.2) is 39.4 Å². The molecule has 0 bridgehead atoms. The molecule has 1 N–H and O–H groups in total. The van der Waals surface area contributed by atoms with Crippen LogP contribution in [0.3, 0.4) is 0 Å². The third kappa shape index (κ3) is 3.38. The Morgan fingerprint density at radius 2 is 2.11 bits per heavy atom. The number of furan rings is 1. The van der Waals surface area contributed by atoms with E-state index in [2.05, 4.69) is 17.3 Å². The Bertz CT molecular complexity index is 846. The summed E-state index contributed by atoms with van der Waals surface area (Å²) in [6.45, 7) is 4.62. The maximum Gasteiger partial charge on any atom is 0.410 e. The molecule has 0 unspecified atom stereocenters. The van der Waals surface area contributed by atoms with Crippen molar-refractivity contribution in [1.29, 1.82) is 0 Å². The van der Waals surface area contributed by atoms with Crippen molar-refractivity contribution in [2.45, 2.75) is 57.4 Å². The van der Waals surface area contributed by atoms with Gasteiger partial charge in [0.05, 0.1) is 12.3 Å². The van der Waals surface area contributed by atoms with Gasteiger partial charge in [0.25, 0.3) is 5.91 Å². The van der Waals surface area contributed by atoms with Crippen molar-refractivity contribution in [3.8, 4) is 0 Å². The molecule has 28 heavy (non-hydrogen) atoms. The highest BCUT2D eigenvalue weighted by Gasteiger charge is 2.47. The smallest absolute Gasteiger partial charge is 0.410 e. The Balaban J connectivity index is 1.66. The zero-order valence-corrected chi connectivity index (χ0v) is 15.7. The minimum atomic E-state index is -4.49. The number of carbonyl (C=O) groups is 1. The van der Waals surface area contributed by atoms with Crippen LogP contribution >= 0.6 is 0 Å². The number of piperidine rings is 1. The van der Waals surface area contributed by atoms with Crippen LogP contribution in [-0.2, 0) is 0 Å². The van der Waals surface area contributed by atoms with E-state index in [-0.39, 0.29) is 29.9 Å². The second-order valence-electron chi connectivity index (χ2n) is 7.85. The van der Waals surface area contributed by atoms with Crippen LogP contribution in [0.15, 0.2) is 28.9 Å². The van der Waals surface area contributed by atoms with E-state index in [1.54, 1.807) is 17.0 Å². The quantitative estimate of drug-likeness (QED) is 0.818. The topological polar surface area (TPSA) is 63.3 Å². The van der Waals surface area contributed by atoms with Crippen LogP contribution in [0.4, 0.5) is 19.0 Å². The number of carbonyl (C=O) groups excluding carboxylic acids is 1. The highest BCUT2D eigenvalue weighted by atomic mass is 19.4. The molecule has 0 aromatic carbocycles. The van der Waals surface area contributed by atoms with Crippen molar-refractivity contribution in [3.05, 3.63) is 35.9 Å². The molecule has 6 nitrogen and oxygen atoms in total. The van der Waals surface area contributed by atoms with E-state index in [0.29, 0.717) is 18.2 Å². The van der Waals surface area contributed by atoms with E-state index in [4.69, 9.17) is 4.42 Å². The molecule has 2 aromatic heterocycles. The molecule has 152 valence electrons. The van der Waals surface area contributed by atoms with Gasteiger partial charge in [-0.15, -0.1) is 0 Å². The predicted molar refractivity (Wildman–Crippen MR) is 95.9 cm³/mol. The van der Waals surface area contributed by atoms with Crippen molar-refractivity contribution in [2.75, 3.05) is 11.9 Å². The molecule has 0 saturated carbocycles. The number of nitrogens with one attached hydrogen (secondary N) is 1. The minimum Gasteiger partial charge on any atom is -0.467 e. The van der Waals surface area contributed by atoms with E-state index >= 15 is 0 Å². The highest BCUT2D eigenvalue weighted by Crippen LogP contribution is 2.43. The molecule has 4 heterocycles. The van der Waals surface area contributed by atoms with Crippen molar-refractivity contribution in [2.24, 2.45) is 5.92 Å². The number of likely N-dealkylation sites (tertiary alicyclic amines) is 1. The summed E-state index contributed by atoms with van der Waals surface area (Å²) in [5.41, 5.74) is 0.0396. The number of fused-ring (bicyclic) bond motifs is 1. The van der Waals surface area contributed by atoms with Crippen molar-refractivity contribution < 1.29 is 22.4 Å². The lowest BCUT2D eigenvalue weighted by atomic mass is 9.95. The molecule has 0 aliphatic carbocycles. The molecule has 2 aliphatic rings. The SMILES string of the molecule is C[C@@H]1CC[C@@H](C)N(C(=O)c2cc3n(n2)[C@H](C(F)(F)F)C[C@H](c2ccco2)N3)C1. The van der Waals surface area contributed by atoms with Gasteiger partial charge in [-0.25, -0.2) is 4.68 Å². The Morgan fingerprint density at radius 1 is 1.32 bits per heavy atom. The van der Waals surface area contributed by atoms with Crippen molar-refractivity contribution in [1.82, 2.24) is 14.7 Å². The molecule has 1 fully saturated rings. The van der Waals surface area contributed by atoms with Crippen LogP contribution < -0.4 is 5.32 Å². The lowest BCUT2D eigenvalue weighted by molar-refractivity contribution is -0.174. The fourth-order valence-electron chi connectivity index (χ4n) is 4.07. The molecule has 2 aromatic rings. The number of amides is 1. The summed E-state index contributed by atoms with van der Waals surface area (Å²) < 4.78 is 47.3. The largest absolute Gasteiger partial charge is 0.467 e. The summed E-state index contributed by atoms with van der Waals surface area (Å²) in [6, 6.07) is 2.28. The van der Waals surface area contributed by atoms with Crippen LogP contribution in [0, 0.1) is 5.92 Å². The van der Waals surface area contributed by atoms with E-state index in [0.717, 1.165) is 17.5 Å². The second-order valence-corrected chi connectivity index (χ2v) is 7.85. The zero-order chi connectivity index (χ0) is 20.1. The monoisotopic (exact) mass is 396 g/mol. The number of halogens is 3. The molecular formula is C19H23F3N4O2. The average Bonchev–Trinajstić information content (AvgIpc) is 3.30. The molecule has 4 atom stereocenters. The van der Waals surface area contributed by atoms with Gasteiger partial charge >= 0.3 is 6.18 Å². The number of hydrogen-bond donors (Lipinski definition) is 1. The standard InChI is InChI=1S/C19H23F3N4O2/c1-11-5-6-12(2)25(10-11)18(27)14-9-17-23-13(15-4-3-7-28-15)8-16(19(20,21)22)26(17)24-14/h3-4,7,9,11-13,16,23H,5-6,8,10H2,1-2H3/t11-,12-,13-,16+/m1/s1. The van der Waals surface area contributed by atoms with E-state index in [1.165, 1.54) is 12.3 Å².